The van der Waals surface area contributed by atoms with E-state index in [1.807, 2.05) is 0 Å². The van der Waals surface area contributed by atoms with Gasteiger partial charge >= 0.3 is 12.1 Å². The number of carboxylic acid groups (broad SMARTS) is 1. The van der Waals surface area contributed by atoms with Crippen LogP contribution in [-0.4, -0.2) is 43.1 Å². The van der Waals surface area contributed by atoms with Crippen molar-refractivity contribution in [1.29, 1.82) is 0 Å². The molecule has 9 heteroatoms. The van der Waals surface area contributed by atoms with Crippen LogP contribution in [0.25, 0.3) is 0 Å². The Hall–Kier alpha value is -1.61. The van der Waals surface area contributed by atoms with Gasteiger partial charge in [0.2, 0.25) is 10.0 Å². The molecule has 0 aliphatic rings. The summed E-state index contributed by atoms with van der Waals surface area (Å²) in [6.45, 7) is -0.293. The highest BCUT2D eigenvalue weighted by Crippen LogP contribution is 2.23. The quantitative estimate of drug-likeness (QED) is 0.871. The van der Waals surface area contributed by atoms with Crippen molar-refractivity contribution in [3.05, 3.63) is 29.8 Å². The molecular weight excluding hydrogens is 311 g/mol. The molecule has 0 fully saturated rings. The van der Waals surface area contributed by atoms with Gasteiger partial charge in [0.1, 0.15) is 6.54 Å². The number of alkyl halides is 3. The van der Waals surface area contributed by atoms with Crippen molar-refractivity contribution in [3.8, 4) is 0 Å². The Balaban J connectivity index is 3.13. The number of benzene rings is 1. The predicted molar refractivity (Wildman–Crippen MR) is 68.5 cm³/mol. The number of rotatable bonds is 6. The number of nitrogens with zero attached hydrogens (tertiary/aromatic N) is 1. The Morgan fingerprint density at radius 3 is 2.14 bits per heavy atom. The maximum atomic E-state index is 12.5. The van der Waals surface area contributed by atoms with Crippen LogP contribution in [0.3, 0.4) is 0 Å². The van der Waals surface area contributed by atoms with Gasteiger partial charge in [0, 0.05) is 6.54 Å². The van der Waals surface area contributed by atoms with Crippen molar-refractivity contribution >= 4 is 16.0 Å². The highest BCUT2D eigenvalue weighted by molar-refractivity contribution is 7.89. The second-order valence-electron chi connectivity index (χ2n) is 4.28. The van der Waals surface area contributed by atoms with E-state index in [4.69, 9.17) is 5.11 Å². The van der Waals surface area contributed by atoms with Crippen LogP contribution in [0.15, 0.2) is 29.2 Å². The van der Waals surface area contributed by atoms with Gasteiger partial charge in [-0.3, -0.25) is 0 Å². The summed E-state index contributed by atoms with van der Waals surface area (Å²) < 4.78 is 62.0. The molecule has 1 aromatic carbocycles. The molecule has 0 amide bonds. The Bertz CT molecular complexity index is 596. The number of hydrogen-bond donors (Lipinski definition) is 1. The van der Waals surface area contributed by atoms with E-state index < -0.39 is 28.7 Å². The maximum Gasteiger partial charge on any atom is 0.402 e. The van der Waals surface area contributed by atoms with Crippen LogP contribution in [-0.2, 0) is 10.0 Å². The molecule has 0 radical (unpaired) electrons. The van der Waals surface area contributed by atoms with Crippen molar-refractivity contribution in [2.45, 2.75) is 24.4 Å². The van der Waals surface area contributed by atoms with Crippen LogP contribution in [0, 0.1) is 0 Å². The Morgan fingerprint density at radius 2 is 1.76 bits per heavy atom. The van der Waals surface area contributed by atoms with Gasteiger partial charge in [-0.15, -0.1) is 0 Å². The maximum absolute atomic E-state index is 12.5. The fraction of sp³-hybridized carbons (Fsp3) is 0.417. The molecule has 118 valence electrons. The van der Waals surface area contributed by atoms with Crippen LogP contribution in [0.5, 0.6) is 0 Å². The molecule has 0 heterocycles. The summed E-state index contributed by atoms with van der Waals surface area (Å²) in [7, 11) is -4.32. The minimum Gasteiger partial charge on any atom is -0.478 e. The van der Waals surface area contributed by atoms with E-state index in [-0.39, 0.29) is 23.4 Å². The molecule has 0 aliphatic carbocycles. The highest BCUT2D eigenvalue weighted by atomic mass is 32.2. The van der Waals surface area contributed by atoms with E-state index in [0.29, 0.717) is 4.31 Å². The van der Waals surface area contributed by atoms with Crippen molar-refractivity contribution < 1.29 is 31.5 Å². The molecular formula is C12H14F3NO4S. The van der Waals surface area contributed by atoms with Gasteiger partial charge in [-0.05, 0) is 30.7 Å². The summed E-state index contributed by atoms with van der Waals surface area (Å²) in [4.78, 5) is 10.3. The molecule has 0 unspecified atom stereocenters. The van der Waals surface area contributed by atoms with Crippen LogP contribution in [0.4, 0.5) is 13.2 Å². The summed E-state index contributed by atoms with van der Waals surface area (Å²) in [5.41, 5.74) is -0.146. The van der Waals surface area contributed by atoms with Gasteiger partial charge in [0.05, 0.1) is 10.5 Å². The number of carboxylic acids is 1. The minimum absolute atomic E-state index is 0.146. The van der Waals surface area contributed by atoms with Gasteiger partial charge < -0.3 is 5.11 Å². The lowest BCUT2D eigenvalue weighted by Crippen LogP contribution is -2.39. The van der Waals surface area contributed by atoms with Crippen molar-refractivity contribution in [3.63, 3.8) is 0 Å². The molecule has 1 N–H and O–H groups in total. The second-order valence-corrected chi connectivity index (χ2v) is 6.22. The van der Waals surface area contributed by atoms with Crippen LogP contribution in [0.1, 0.15) is 23.7 Å². The van der Waals surface area contributed by atoms with E-state index >= 15 is 0 Å². The number of carbonyl (C=O) groups is 1. The number of aromatic carboxylic acids is 1. The van der Waals surface area contributed by atoms with Gasteiger partial charge in [-0.25, -0.2) is 13.2 Å². The third-order valence-corrected chi connectivity index (χ3v) is 4.43. The molecule has 0 saturated carbocycles. The molecule has 0 bridgehead atoms. The fourth-order valence-electron chi connectivity index (χ4n) is 1.65. The third-order valence-electron chi connectivity index (χ3n) is 2.57. The smallest absolute Gasteiger partial charge is 0.402 e. The average molecular weight is 325 g/mol. The third kappa shape index (κ3) is 4.71. The summed E-state index contributed by atoms with van der Waals surface area (Å²) in [5.74, 6) is -1.25. The van der Waals surface area contributed by atoms with Gasteiger partial charge in [-0.2, -0.15) is 17.5 Å². The van der Waals surface area contributed by atoms with Crippen LogP contribution in [0.2, 0.25) is 0 Å². The summed E-state index contributed by atoms with van der Waals surface area (Å²) in [6, 6.07) is 4.04. The molecule has 1 aromatic rings. The van der Waals surface area contributed by atoms with Gasteiger partial charge in [0.25, 0.3) is 0 Å². The lowest BCUT2D eigenvalue weighted by molar-refractivity contribution is -0.136. The molecule has 21 heavy (non-hydrogen) atoms. The van der Waals surface area contributed by atoms with E-state index in [0.717, 1.165) is 24.3 Å². The number of halogens is 3. The average Bonchev–Trinajstić information content (AvgIpc) is 2.36. The zero-order chi connectivity index (χ0) is 16.3. The van der Waals surface area contributed by atoms with Crippen molar-refractivity contribution in [2.75, 3.05) is 13.1 Å². The lowest BCUT2D eigenvalue weighted by Gasteiger charge is -2.22. The fourth-order valence-corrected chi connectivity index (χ4v) is 3.17. The van der Waals surface area contributed by atoms with Gasteiger partial charge in [0.15, 0.2) is 0 Å². The number of hydrogen-bond acceptors (Lipinski definition) is 3. The topological polar surface area (TPSA) is 74.7 Å². The molecule has 1 rings (SSSR count). The summed E-state index contributed by atoms with van der Waals surface area (Å²) in [5, 5.41) is 8.72. The van der Waals surface area contributed by atoms with Crippen LogP contribution < -0.4 is 0 Å². The zero-order valence-electron chi connectivity index (χ0n) is 11.1. The monoisotopic (exact) mass is 325 g/mol. The van der Waals surface area contributed by atoms with Gasteiger partial charge in [-0.1, -0.05) is 6.92 Å². The first-order valence-corrected chi connectivity index (χ1v) is 7.42. The lowest BCUT2D eigenvalue weighted by atomic mass is 10.2. The first-order valence-electron chi connectivity index (χ1n) is 5.98. The van der Waals surface area contributed by atoms with Crippen molar-refractivity contribution in [1.82, 2.24) is 4.31 Å². The first kappa shape index (κ1) is 17.4. The SMILES string of the molecule is CCCN(CC(F)(F)F)S(=O)(=O)c1ccc(C(=O)O)cc1. The van der Waals surface area contributed by atoms with E-state index in [1.54, 1.807) is 6.92 Å². The normalized spacial score (nSPS) is 12.6. The molecule has 5 nitrogen and oxygen atoms in total. The largest absolute Gasteiger partial charge is 0.478 e. The summed E-state index contributed by atoms with van der Waals surface area (Å²) in [6.07, 6.45) is -4.42. The standard InChI is InChI=1S/C12H14F3NO4S/c1-2-7-16(8-12(13,14)15)21(19,20)10-5-3-9(4-6-10)11(17)18/h3-6H,2,7-8H2,1H3,(H,17,18). The minimum atomic E-state index is -4.65. The molecule has 0 aliphatic heterocycles. The molecule has 0 aromatic heterocycles. The molecule has 0 atom stereocenters. The van der Waals surface area contributed by atoms with E-state index in [1.165, 1.54) is 0 Å². The highest BCUT2D eigenvalue weighted by Gasteiger charge is 2.36. The Labute approximate surface area is 120 Å². The predicted octanol–water partition coefficient (Wildman–Crippen LogP) is 2.35. The molecule has 0 saturated heterocycles. The molecule has 0 spiro atoms. The van der Waals surface area contributed by atoms with Crippen molar-refractivity contribution in [2.24, 2.45) is 0 Å². The second kappa shape index (κ2) is 6.44. The van der Waals surface area contributed by atoms with E-state index in [9.17, 15) is 26.4 Å². The summed E-state index contributed by atoms with van der Waals surface area (Å²) >= 11 is 0. The Morgan fingerprint density at radius 1 is 1.24 bits per heavy atom. The first-order chi connectivity index (χ1) is 9.58. The van der Waals surface area contributed by atoms with E-state index in [2.05, 4.69) is 0 Å². The zero-order valence-corrected chi connectivity index (χ0v) is 11.9. The number of sulfonamides is 1. The Kier molecular flexibility index (Phi) is 5.35. The van der Waals surface area contributed by atoms with Crippen LogP contribution >= 0.6 is 0 Å².